The second kappa shape index (κ2) is 4.65. The summed E-state index contributed by atoms with van der Waals surface area (Å²) in [5.41, 5.74) is 0.0748. The summed E-state index contributed by atoms with van der Waals surface area (Å²) in [5, 5.41) is 0.0327. The van der Waals surface area contributed by atoms with Gasteiger partial charge in [-0.25, -0.2) is 0 Å². The quantitative estimate of drug-likeness (QED) is 0.570. The van der Waals surface area contributed by atoms with Crippen molar-refractivity contribution in [2.45, 2.75) is 41.8 Å². The lowest BCUT2D eigenvalue weighted by atomic mass is 9.71. The first-order valence-corrected chi connectivity index (χ1v) is 7.21. The van der Waals surface area contributed by atoms with Crippen LogP contribution < -0.4 is 0 Å². The van der Waals surface area contributed by atoms with E-state index in [1.807, 2.05) is 11.9 Å². The molecule has 0 nitrogen and oxygen atoms in total. The van der Waals surface area contributed by atoms with Crippen LogP contribution in [0.5, 0.6) is 0 Å². The smallest absolute Gasteiger partial charge is 0.0590 e. The fourth-order valence-corrected chi connectivity index (χ4v) is 4.11. The van der Waals surface area contributed by atoms with Gasteiger partial charge in [0.1, 0.15) is 0 Å². The lowest BCUT2D eigenvalue weighted by Crippen LogP contribution is -2.46. The van der Waals surface area contributed by atoms with Gasteiger partial charge >= 0.3 is 0 Å². The minimum absolute atomic E-state index is 0.0327. The first-order chi connectivity index (χ1) is 6.32. The Balaban J connectivity index is 2.89. The monoisotopic (exact) mass is 362 g/mol. The van der Waals surface area contributed by atoms with Gasteiger partial charge < -0.3 is 0 Å². The van der Waals surface area contributed by atoms with Crippen LogP contribution in [0.15, 0.2) is 11.1 Å². The van der Waals surface area contributed by atoms with Crippen LogP contribution in [0.25, 0.3) is 0 Å². The van der Waals surface area contributed by atoms with Crippen LogP contribution >= 0.6 is 55.1 Å². The van der Waals surface area contributed by atoms with Crippen molar-refractivity contribution in [3.63, 3.8) is 0 Å². The Morgan fingerprint density at radius 2 is 2.00 bits per heavy atom. The topological polar surface area (TPSA) is 0 Å². The molecule has 4 heteroatoms. The van der Waals surface area contributed by atoms with E-state index >= 15 is 0 Å². The van der Waals surface area contributed by atoms with Crippen LogP contribution in [-0.2, 0) is 0 Å². The molecule has 1 aliphatic carbocycles. The molecular formula is C10H14Br2Cl2. The molecule has 1 fully saturated rings. The molecule has 4 unspecified atom stereocenters. The van der Waals surface area contributed by atoms with Crippen molar-refractivity contribution in [1.29, 1.82) is 0 Å². The zero-order valence-corrected chi connectivity index (χ0v) is 12.9. The fraction of sp³-hybridized carbons (Fsp3) is 0.800. The minimum Gasteiger partial charge on any atom is -0.121 e. The summed E-state index contributed by atoms with van der Waals surface area (Å²) >= 11 is 19.7. The van der Waals surface area contributed by atoms with Crippen LogP contribution in [0.2, 0.25) is 0 Å². The molecule has 1 aliphatic rings. The van der Waals surface area contributed by atoms with Crippen LogP contribution in [0.3, 0.4) is 0 Å². The van der Waals surface area contributed by atoms with Gasteiger partial charge in [-0.05, 0) is 24.8 Å². The van der Waals surface area contributed by atoms with Crippen LogP contribution in [-0.4, -0.2) is 15.1 Å². The molecule has 0 aromatic carbocycles. The van der Waals surface area contributed by atoms with Gasteiger partial charge in [0, 0.05) is 10.2 Å². The van der Waals surface area contributed by atoms with E-state index in [-0.39, 0.29) is 15.7 Å². The van der Waals surface area contributed by atoms with Crippen LogP contribution in [0.4, 0.5) is 0 Å². The molecule has 0 N–H and O–H groups in total. The molecule has 0 amide bonds. The van der Waals surface area contributed by atoms with Crippen molar-refractivity contribution < 1.29 is 0 Å². The molecule has 1 saturated carbocycles. The summed E-state index contributed by atoms with van der Waals surface area (Å²) in [6, 6.07) is 0. The second-order valence-corrected chi connectivity index (χ2v) is 7.45. The third kappa shape index (κ3) is 2.69. The molecule has 0 radical (unpaired) electrons. The van der Waals surface area contributed by atoms with Crippen molar-refractivity contribution >= 4 is 55.1 Å². The molecule has 0 aromatic rings. The summed E-state index contributed by atoms with van der Waals surface area (Å²) in [7, 11) is 0. The summed E-state index contributed by atoms with van der Waals surface area (Å²) in [6.07, 6.45) is 3.93. The van der Waals surface area contributed by atoms with E-state index in [9.17, 15) is 0 Å². The van der Waals surface area contributed by atoms with E-state index in [0.717, 1.165) is 12.8 Å². The normalized spacial score (nSPS) is 49.9. The zero-order chi connectivity index (χ0) is 11.0. The van der Waals surface area contributed by atoms with E-state index in [2.05, 4.69) is 44.9 Å². The molecule has 4 atom stereocenters. The Morgan fingerprint density at radius 3 is 2.50 bits per heavy atom. The fourth-order valence-electron chi connectivity index (χ4n) is 1.97. The number of rotatable bonds is 1. The first kappa shape index (κ1) is 13.3. The van der Waals surface area contributed by atoms with Crippen LogP contribution in [0.1, 0.15) is 26.7 Å². The Kier molecular flexibility index (Phi) is 4.43. The SMILES string of the molecule is CC1(Cl)CC(C)(C=CBr)C(Br)CC1Cl. The van der Waals surface area contributed by atoms with Crippen LogP contribution in [0, 0.1) is 5.41 Å². The lowest BCUT2D eigenvalue weighted by molar-refractivity contribution is 0.260. The highest BCUT2D eigenvalue weighted by Gasteiger charge is 2.47. The molecule has 0 aromatic heterocycles. The zero-order valence-electron chi connectivity index (χ0n) is 8.24. The van der Waals surface area contributed by atoms with Crippen molar-refractivity contribution in [2.24, 2.45) is 5.41 Å². The number of hydrogen-bond acceptors (Lipinski definition) is 0. The summed E-state index contributed by atoms with van der Waals surface area (Å²) < 4.78 is 0. The van der Waals surface area contributed by atoms with Crippen molar-refractivity contribution in [2.75, 3.05) is 0 Å². The largest absolute Gasteiger partial charge is 0.121 e. The van der Waals surface area contributed by atoms with Gasteiger partial charge in [-0.2, -0.15) is 0 Å². The number of allylic oxidation sites excluding steroid dienone is 1. The maximum atomic E-state index is 6.41. The molecule has 14 heavy (non-hydrogen) atoms. The number of hydrogen-bond donors (Lipinski definition) is 0. The van der Waals surface area contributed by atoms with Gasteiger partial charge in [0.2, 0.25) is 0 Å². The van der Waals surface area contributed by atoms with E-state index < -0.39 is 0 Å². The molecule has 82 valence electrons. The molecule has 0 spiro atoms. The molecule has 0 saturated heterocycles. The standard InChI is InChI=1S/C10H14Br2Cl2/c1-9(3-4-11)6-10(2,14)8(13)5-7(9)12/h3-4,7-8H,5-6H2,1-2H3. The van der Waals surface area contributed by atoms with E-state index in [0.29, 0.717) is 4.83 Å². The predicted molar refractivity (Wildman–Crippen MR) is 72.0 cm³/mol. The average Bonchev–Trinajstić information content (AvgIpc) is 2.01. The molecular weight excluding hydrogens is 351 g/mol. The molecule has 1 rings (SSSR count). The Morgan fingerprint density at radius 1 is 1.43 bits per heavy atom. The van der Waals surface area contributed by atoms with E-state index in [1.165, 1.54) is 0 Å². The van der Waals surface area contributed by atoms with Crippen molar-refractivity contribution in [3.8, 4) is 0 Å². The highest BCUT2D eigenvalue weighted by atomic mass is 79.9. The van der Waals surface area contributed by atoms with Gasteiger partial charge in [0.25, 0.3) is 0 Å². The minimum atomic E-state index is -0.312. The molecule has 0 aliphatic heterocycles. The van der Waals surface area contributed by atoms with Gasteiger partial charge in [-0.3, -0.25) is 0 Å². The van der Waals surface area contributed by atoms with Gasteiger partial charge in [-0.15, -0.1) is 23.2 Å². The van der Waals surface area contributed by atoms with Crippen molar-refractivity contribution in [1.82, 2.24) is 0 Å². The summed E-state index contributed by atoms with van der Waals surface area (Å²) in [5.74, 6) is 0. The predicted octanol–water partition coefficient (Wildman–Crippen LogP) is 5.06. The highest BCUT2D eigenvalue weighted by Crippen LogP contribution is 2.50. The second-order valence-electron chi connectivity index (χ2n) is 4.42. The Labute approximate surface area is 113 Å². The molecule has 0 bridgehead atoms. The van der Waals surface area contributed by atoms with E-state index in [4.69, 9.17) is 23.2 Å². The van der Waals surface area contributed by atoms with Gasteiger partial charge in [-0.1, -0.05) is 44.9 Å². The Bertz CT molecular complexity index is 240. The third-order valence-corrected chi connectivity index (χ3v) is 5.81. The maximum absolute atomic E-state index is 6.41. The first-order valence-electron chi connectivity index (χ1n) is 4.57. The highest BCUT2D eigenvalue weighted by molar-refractivity contribution is 9.11. The summed E-state index contributed by atoms with van der Waals surface area (Å²) in [6.45, 7) is 4.22. The summed E-state index contributed by atoms with van der Waals surface area (Å²) in [4.78, 5) is 1.98. The molecule has 0 heterocycles. The Hall–Kier alpha value is 1.28. The maximum Gasteiger partial charge on any atom is 0.0590 e. The van der Waals surface area contributed by atoms with Gasteiger partial charge in [0.05, 0.1) is 10.3 Å². The van der Waals surface area contributed by atoms with Gasteiger partial charge in [0.15, 0.2) is 0 Å². The van der Waals surface area contributed by atoms with Crippen molar-refractivity contribution in [3.05, 3.63) is 11.1 Å². The average molecular weight is 365 g/mol. The third-order valence-electron chi connectivity index (χ3n) is 2.95. The lowest BCUT2D eigenvalue weighted by Gasteiger charge is -2.46. The number of halogens is 4. The number of alkyl halides is 3. The van der Waals surface area contributed by atoms with E-state index in [1.54, 1.807) is 0 Å².